The molecular formula is C16H14N2OS2. The van der Waals surface area contributed by atoms with Gasteiger partial charge in [-0.1, -0.05) is 36.4 Å². The summed E-state index contributed by atoms with van der Waals surface area (Å²) in [5.74, 6) is 0.356. The zero-order valence-corrected chi connectivity index (χ0v) is 13.1. The summed E-state index contributed by atoms with van der Waals surface area (Å²) in [7, 11) is 0. The van der Waals surface area contributed by atoms with Crippen LogP contribution < -0.4 is 5.32 Å². The van der Waals surface area contributed by atoms with Crippen LogP contribution in [0.3, 0.4) is 0 Å². The molecule has 3 rings (SSSR count). The van der Waals surface area contributed by atoms with Gasteiger partial charge in [-0.2, -0.15) is 0 Å². The van der Waals surface area contributed by atoms with E-state index in [0.717, 1.165) is 10.6 Å². The second-order valence-corrected chi connectivity index (χ2v) is 6.48. The van der Waals surface area contributed by atoms with Gasteiger partial charge in [0.2, 0.25) is 5.91 Å². The Morgan fingerprint density at radius 1 is 1.24 bits per heavy atom. The normalized spacial score (nSPS) is 10.7. The zero-order valence-electron chi connectivity index (χ0n) is 11.5. The van der Waals surface area contributed by atoms with Crippen LogP contribution in [-0.4, -0.2) is 16.6 Å². The van der Waals surface area contributed by atoms with Crippen molar-refractivity contribution in [3.63, 3.8) is 0 Å². The lowest BCUT2D eigenvalue weighted by Crippen LogP contribution is -2.13. The molecule has 1 heterocycles. The zero-order chi connectivity index (χ0) is 14.7. The molecule has 0 spiro atoms. The number of aryl methyl sites for hydroxylation is 1. The molecule has 0 saturated carbocycles. The molecular weight excluding hydrogens is 300 g/mol. The fraction of sp³-hybridized carbons (Fsp3) is 0.125. The van der Waals surface area contributed by atoms with Crippen LogP contribution in [0.4, 0.5) is 5.13 Å². The third-order valence-corrected chi connectivity index (χ3v) is 4.92. The molecule has 3 aromatic rings. The van der Waals surface area contributed by atoms with Crippen molar-refractivity contribution in [1.29, 1.82) is 0 Å². The molecule has 21 heavy (non-hydrogen) atoms. The second kappa shape index (κ2) is 6.28. The summed E-state index contributed by atoms with van der Waals surface area (Å²) in [6.45, 7) is 1.91. The fourth-order valence-electron chi connectivity index (χ4n) is 2.03. The number of carbonyl (C=O) groups excluding carboxylic acids is 1. The summed E-state index contributed by atoms with van der Waals surface area (Å²) in [4.78, 5) is 17.3. The number of anilines is 1. The van der Waals surface area contributed by atoms with Gasteiger partial charge in [0.25, 0.3) is 0 Å². The highest BCUT2D eigenvalue weighted by Crippen LogP contribution is 2.27. The predicted molar refractivity (Wildman–Crippen MR) is 90.2 cm³/mol. The first-order valence-electron chi connectivity index (χ1n) is 6.55. The van der Waals surface area contributed by atoms with E-state index in [9.17, 15) is 4.79 Å². The van der Waals surface area contributed by atoms with E-state index in [1.165, 1.54) is 22.1 Å². The largest absolute Gasteiger partial charge is 0.301 e. The number of thioether (sulfide) groups is 1. The van der Waals surface area contributed by atoms with Crippen molar-refractivity contribution in [2.45, 2.75) is 11.8 Å². The van der Waals surface area contributed by atoms with Crippen molar-refractivity contribution in [2.24, 2.45) is 0 Å². The molecule has 0 fully saturated rings. The third kappa shape index (κ3) is 3.43. The molecule has 0 bridgehead atoms. The number of hydrogen-bond acceptors (Lipinski definition) is 4. The van der Waals surface area contributed by atoms with E-state index in [2.05, 4.69) is 28.5 Å². The first-order valence-corrected chi connectivity index (χ1v) is 8.41. The summed E-state index contributed by atoms with van der Waals surface area (Å²) < 4.78 is 0. The lowest BCUT2D eigenvalue weighted by atomic mass is 10.1. The van der Waals surface area contributed by atoms with Crippen LogP contribution in [0.1, 0.15) is 5.69 Å². The van der Waals surface area contributed by atoms with Crippen LogP contribution in [0.2, 0.25) is 0 Å². The molecule has 3 nitrogen and oxygen atoms in total. The first kappa shape index (κ1) is 14.1. The topological polar surface area (TPSA) is 42.0 Å². The lowest BCUT2D eigenvalue weighted by Gasteiger charge is -2.06. The number of rotatable bonds is 4. The van der Waals surface area contributed by atoms with Gasteiger partial charge >= 0.3 is 0 Å². The second-order valence-electron chi connectivity index (χ2n) is 4.61. The average molecular weight is 314 g/mol. The molecule has 0 aliphatic heterocycles. The van der Waals surface area contributed by atoms with Gasteiger partial charge in [-0.15, -0.1) is 23.1 Å². The smallest absolute Gasteiger partial charge is 0.236 e. The molecule has 5 heteroatoms. The molecule has 1 N–H and O–H groups in total. The molecule has 1 amide bonds. The Bertz CT molecular complexity index is 777. The van der Waals surface area contributed by atoms with E-state index in [0.29, 0.717) is 10.9 Å². The average Bonchev–Trinajstić information content (AvgIpc) is 2.90. The maximum absolute atomic E-state index is 12.0. The number of nitrogens with one attached hydrogen (secondary N) is 1. The van der Waals surface area contributed by atoms with Crippen LogP contribution >= 0.6 is 23.1 Å². The maximum Gasteiger partial charge on any atom is 0.236 e. The van der Waals surface area contributed by atoms with Crippen LogP contribution in [0.5, 0.6) is 0 Å². The quantitative estimate of drug-likeness (QED) is 0.729. The summed E-state index contributed by atoms with van der Waals surface area (Å²) in [5, 5.41) is 7.79. The van der Waals surface area contributed by atoms with Gasteiger partial charge in [-0.25, -0.2) is 4.98 Å². The minimum Gasteiger partial charge on any atom is -0.301 e. The fourth-order valence-corrected chi connectivity index (χ4v) is 3.61. The molecule has 0 saturated heterocycles. The molecule has 0 radical (unpaired) electrons. The van der Waals surface area contributed by atoms with Crippen LogP contribution in [0, 0.1) is 6.92 Å². The van der Waals surface area contributed by atoms with E-state index >= 15 is 0 Å². The van der Waals surface area contributed by atoms with Crippen molar-refractivity contribution in [3.8, 4) is 0 Å². The maximum atomic E-state index is 12.0. The van der Waals surface area contributed by atoms with Crippen molar-refractivity contribution in [2.75, 3.05) is 11.1 Å². The molecule has 0 aliphatic rings. The van der Waals surface area contributed by atoms with Gasteiger partial charge in [-0.3, -0.25) is 4.79 Å². The third-order valence-electron chi connectivity index (χ3n) is 2.97. The van der Waals surface area contributed by atoms with Crippen LogP contribution in [-0.2, 0) is 4.79 Å². The van der Waals surface area contributed by atoms with E-state index in [-0.39, 0.29) is 5.91 Å². The minimum absolute atomic E-state index is 0.0257. The summed E-state index contributed by atoms with van der Waals surface area (Å²) in [6, 6.07) is 14.4. The molecule has 1 aromatic heterocycles. The highest BCUT2D eigenvalue weighted by Gasteiger charge is 2.07. The molecule has 0 unspecified atom stereocenters. The monoisotopic (exact) mass is 314 g/mol. The predicted octanol–water partition coefficient (Wildman–Crippen LogP) is 4.34. The number of aromatic nitrogens is 1. The Hall–Kier alpha value is -1.85. The lowest BCUT2D eigenvalue weighted by molar-refractivity contribution is -0.113. The standard InChI is InChI=1S/C16H14N2OS2/c1-11-9-21-16(17-11)18-15(19)10-20-14-8-4-6-12-5-2-3-7-13(12)14/h2-9H,10H2,1H3,(H,17,18,19). The number of amides is 1. The number of fused-ring (bicyclic) bond motifs is 1. The number of thiazole rings is 1. The Balaban J connectivity index is 1.67. The van der Waals surface area contributed by atoms with Gasteiger partial charge in [0.05, 0.1) is 11.4 Å². The van der Waals surface area contributed by atoms with Crippen molar-refractivity contribution in [3.05, 3.63) is 53.5 Å². The number of benzene rings is 2. The van der Waals surface area contributed by atoms with E-state index < -0.39 is 0 Å². The van der Waals surface area contributed by atoms with Crippen LogP contribution in [0.25, 0.3) is 10.8 Å². The van der Waals surface area contributed by atoms with Crippen molar-refractivity contribution >= 4 is 44.9 Å². The van der Waals surface area contributed by atoms with E-state index in [4.69, 9.17) is 0 Å². The molecule has 0 aliphatic carbocycles. The SMILES string of the molecule is Cc1csc(NC(=O)CSc2cccc3ccccc23)n1. The summed E-state index contributed by atoms with van der Waals surface area (Å²) in [6.07, 6.45) is 0. The van der Waals surface area contributed by atoms with Gasteiger partial charge in [0.15, 0.2) is 5.13 Å². The van der Waals surface area contributed by atoms with Crippen molar-refractivity contribution in [1.82, 2.24) is 4.98 Å². The molecule has 2 aromatic carbocycles. The Kier molecular flexibility index (Phi) is 4.22. The number of nitrogens with zero attached hydrogens (tertiary/aromatic N) is 1. The molecule has 0 atom stereocenters. The summed E-state index contributed by atoms with van der Waals surface area (Å²) >= 11 is 3.00. The Morgan fingerprint density at radius 2 is 2.05 bits per heavy atom. The first-order chi connectivity index (χ1) is 10.2. The Morgan fingerprint density at radius 3 is 2.86 bits per heavy atom. The Labute approximate surface area is 131 Å². The van der Waals surface area contributed by atoms with Gasteiger partial charge in [0, 0.05) is 10.3 Å². The number of hydrogen-bond donors (Lipinski definition) is 1. The highest BCUT2D eigenvalue weighted by molar-refractivity contribution is 8.00. The highest BCUT2D eigenvalue weighted by atomic mass is 32.2. The number of carbonyl (C=O) groups is 1. The van der Waals surface area contributed by atoms with Crippen LogP contribution in [0.15, 0.2) is 52.7 Å². The molecule has 106 valence electrons. The summed E-state index contributed by atoms with van der Waals surface area (Å²) in [5.41, 5.74) is 0.928. The van der Waals surface area contributed by atoms with Gasteiger partial charge in [0.1, 0.15) is 0 Å². The minimum atomic E-state index is -0.0257. The van der Waals surface area contributed by atoms with Gasteiger partial charge in [-0.05, 0) is 23.8 Å². The van der Waals surface area contributed by atoms with E-state index in [1.54, 1.807) is 11.8 Å². The van der Waals surface area contributed by atoms with Gasteiger partial charge < -0.3 is 5.32 Å². The van der Waals surface area contributed by atoms with E-state index in [1.807, 2.05) is 36.6 Å². The van der Waals surface area contributed by atoms with Crippen molar-refractivity contribution < 1.29 is 4.79 Å².